The van der Waals surface area contributed by atoms with E-state index in [1.54, 1.807) is 12.4 Å². The molecule has 1 heterocycles. The monoisotopic (exact) mass is 306 g/mol. The van der Waals surface area contributed by atoms with Gasteiger partial charge in [-0.3, -0.25) is 4.98 Å². The number of aliphatic hydroxyl groups excluding tert-OH is 1. The lowest BCUT2D eigenvalue weighted by Gasteiger charge is -2.15. The predicted octanol–water partition coefficient (Wildman–Crippen LogP) is 3.76. The molecule has 0 spiro atoms. The smallest absolute Gasteiger partial charge is 0.150 e. The normalized spacial score (nSPS) is 11.7. The van der Waals surface area contributed by atoms with Gasteiger partial charge in [-0.15, -0.1) is 0 Å². The summed E-state index contributed by atoms with van der Waals surface area (Å²) in [7, 11) is 0. The first-order valence-corrected chi connectivity index (χ1v) is 7.42. The van der Waals surface area contributed by atoms with Crippen LogP contribution in [-0.2, 0) is 6.61 Å². The Kier molecular flexibility index (Phi) is 4.86. The highest BCUT2D eigenvalue weighted by atomic mass is 16.5. The molecule has 4 heteroatoms. The van der Waals surface area contributed by atoms with Crippen LogP contribution in [-0.4, -0.2) is 10.1 Å². The van der Waals surface area contributed by atoms with E-state index in [2.05, 4.69) is 10.3 Å². The van der Waals surface area contributed by atoms with Crippen molar-refractivity contribution in [3.8, 4) is 5.75 Å². The van der Waals surface area contributed by atoms with Gasteiger partial charge in [-0.2, -0.15) is 0 Å². The number of hydrogen-bond donors (Lipinski definition) is 2. The first kappa shape index (κ1) is 15.1. The van der Waals surface area contributed by atoms with Crippen LogP contribution in [0.15, 0.2) is 79.1 Å². The van der Waals surface area contributed by atoms with E-state index in [4.69, 9.17) is 4.74 Å². The largest absolute Gasteiger partial charge is 0.487 e. The van der Waals surface area contributed by atoms with Crippen LogP contribution in [0.5, 0.6) is 5.75 Å². The van der Waals surface area contributed by atoms with Crippen molar-refractivity contribution in [3.05, 3.63) is 90.3 Å². The van der Waals surface area contributed by atoms with Gasteiger partial charge in [-0.05, 0) is 29.8 Å². The number of aliphatic hydroxyl groups is 1. The average Bonchev–Trinajstić information content (AvgIpc) is 2.62. The molecule has 1 aromatic heterocycles. The summed E-state index contributed by atoms with van der Waals surface area (Å²) in [6, 6.07) is 21.0. The molecule has 0 aliphatic heterocycles. The lowest BCUT2D eigenvalue weighted by Crippen LogP contribution is -2.09. The maximum absolute atomic E-state index is 10.2. The second kappa shape index (κ2) is 7.42. The van der Waals surface area contributed by atoms with Crippen molar-refractivity contribution in [2.24, 2.45) is 0 Å². The van der Waals surface area contributed by atoms with E-state index in [0.29, 0.717) is 6.61 Å². The highest BCUT2D eigenvalue weighted by Crippen LogP contribution is 2.19. The summed E-state index contributed by atoms with van der Waals surface area (Å²) in [4.78, 5) is 4.02. The van der Waals surface area contributed by atoms with Gasteiger partial charge >= 0.3 is 0 Å². The summed E-state index contributed by atoms with van der Waals surface area (Å²) in [5.41, 5.74) is 2.68. The number of ether oxygens (including phenoxy) is 1. The molecular formula is C19H18N2O2. The maximum Gasteiger partial charge on any atom is 0.150 e. The summed E-state index contributed by atoms with van der Waals surface area (Å²) < 4.78 is 5.68. The van der Waals surface area contributed by atoms with Gasteiger partial charge in [0.25, 0.3) is 0 Å². The molecular weight excluding hydrogens is 288 g/mol. The molecule has 116 valence electrons. The van der Waals surface area contributed by atoms with E-state index < -0.39 is 6.23 Å². The van der Waals surface area contributed by atoms with Crippen molar-refractivity contribution in [2.75, 3.05) is 5.32 Å². The molecule has 4 nitrogen and oxygen atoms in total. The quantitative estimate of drug-likeness (QED) is 0.681. The van der Waals surface area contributed by atoms with Crippen molar-refractivity contribution in [1.29, 1.82) is 0 Å². The van der Waals surface area contributed by atoms with Gasteiger partial charge in [0.15, 0.2) is 6.23 Å². The number of aromatic nitrogens is 1. The Bertz CT molecular complexity index is 733. The Morgan fingerprint density at radius 3 is 2.65 bits per heavy atom. The highest BCUT2D eigenvalue weighted by Gasteiger charge is 2.06. The van der Waals surface area contributed by atoms with Gasteiger partial charge in [-0.1, -0.05) is 42.5 Å². The molecule has 0 radical (unpaired) electrons. The summed E-state index contributed by atoms with van der Waals surface area (Å²) in [6.07, 6.45) is 2.65. The van der Waals surface area contributed by atoms with Crippen LogP contribution in [0.4, 0.5) is 5.69 Å². The minimum Gasteiger partial charge on any atom is -0.487 e. The number of rotatable bonds is 6. The zero-order valence-electron chi connectivity index (χ0n) is 12.6. The van der Waals surface area contributed by atoms with Gasteiger partial charge in [0.1, 0.15) is 12.4 Å². The number of hydrogen-bond acceptors (Lipinski definition) is 4. The Hall–Kier alpha value is -2.85. The Labute approximate surface area is 135 Å². The molecule has 0 amide bonds. The number of nitrogens with zero attached hydrogens (tertiary/aromatic N) is 1. The summed E-state index contributed by atoms with van der Waals surface area (Å²) >= 11 is 0. The molecule has 0 aliphatic carbocycles. The molecule has 0 fully saturated rings. The molecule has 23 heavy (non-hydrogen) atoms. The molecule has 0 saturated carbocycles. The van der Waals surface area contributed by atoms with E-state index in [1.807, 2.05) is 66.7 Å². The van der Waals surface area contributed by atoms with Crippen LogP contribution in [0.3, 0.4) is 0 Å². The minimum atomic E-state index is -0.745. The summed E-state index contributed by atoms with van der Waals surface area (Å²) in [5, 5.41) is 13.3. The molecule has 1 unspecified atom stereocenters. The zero-order valence-corrected chi connectivity index (χ0v) is 12.6. The van der Waals surface area contributed by atoms with Crippen molar-refractivity contribution >= 4 is 5.69 Å². The summed E-state index contributed by atoms with van der Waals surface area (Å²) in [5.74, 6) is 0.732. The SMILES string of the molecule is OC(Nc1cccc(COc2cccnc2)c1)c1ccccc1. The van der Waals surface area contributed by atoms with Crippen LogP contribution in [0.1, 0.15) is 17.4 Å². The van der Waals surface area contributed by atoms with Crippen LogP contribution < -0.4 is 10.1 Å². The van der Waals surface area contributed by atoms with E-state index in [-0.39, 0.29) is 0 Å². The fourth-order valence-corrected chi connectivity index (χ4v) is 2.23. The number of pyridine rings is 1. The molecule has 0 aliphatic rings. The lowest BCUT2D eigenvalue weighted by atomic mass is 10.1. The van der Waals surface area contributed by atoms with E-state index in [9.17, 15) is 5.11 Å². The molecule has 3 aromatic rings. The molecule has 1 atom stereocenters. The van der Waals surface area contributed by atoms with Crippen LogP contribution in [0, 0.1) is 0 Å². The number of nitrogens with one attached hydrogen (secondary N) is 1. The lowest BCUT2D eigenvalue weighted by molar-refractivity contribution is 0.208. The highest BCUT2D eigenvalue weighted by molar-refractivity contribution is 5.47. The first-order valence-electron chi connectivity index (χ1n) is 7.42. The molecule has 0 saturated heterocycles. The van der Waals surface area contributed by atoms with Crippen molar-refractivity contribution < 1.29 is 9.84 Å². The predicted molar refractivity (Wildman–Crippen MR) is 90.0 cm³/mol. The number of benzene rings is 2. The minimum absolute atomic E-state index is 0.447. The molecule has 2 N–H and O–H groups in total. The van der Waals surface area contributed by atoms with Gasteiger partial charge in [-0.25, -0.2) is 0 Å². The van der Waals surface area contributed by atoms with Crippen molar-refractivity contribution in [3.63, 3.8) is 0 Å². The number of anilines is 1. The molecule has 0 bridgehead atoms. The standard InChI is InChI=1S/C19H18N2O2/c22-19(16-7-2-1-3-8-16)21-17-9-4-6-15(12-17)14-23-18-10-5-11-20-13-18/h1-13,19,21-22H,14H2. The van der Waals surface area contributed by atoms with E-state index in [0.717, 1.165) is 22.6 Å². The third kappa shape index (κ3) is 4.31. The molecule has 2 aromatic carbocycles. The Balaban J connectivity index is 1.63. The Morgan fingerprint density at radius 1 is 1.00 bits per heavy atom. The Morgan fingerprint density at radius 2 is 1.87 bits per heavy atom. The van der Waals surface area contributed by atoms with Crippen LogP contribution >= 0.6 is 0 Å². The summed E-state index contributed by atoms with van der Waals surface area (Å²) in [6.45, 7) is 0.447. The third-order valence-corrected chi connectivity index (χ3v) is 3.39. The van der Waals surface area contributed by atoms with Gasteiger partial charge in [0.2, 0.25) is 0 Å². The topological polar surface area (TPSA) is 54.4 Å². The van der Waals surface area contributed by atoms with Crippen LogP contribution in [0.25, 0.3) is 0 Å². The van der Waals surface area contributed by atoms with Gasteiger partial charge < -0.3 is 15.2 Å². The van der Waals surface area contributed by atoms with Crippen molar-refractivity contribution in [2.45, 2.75) is 12.8 Å². The zero-order chi connectivity index (χ0) is 15.9. The maximum atomic E-state index is 10.2. The van der Waals surface area contributed by atoms with Gasteiger partial charge in [0, 0.05) is 17.4 Å². The second-order valence-electron chi connectivity index (χ2n) is 5.14. The van der Waals surface area contributed by atoms with Crippen LogP contribution in [0.2, 0.25) is 0 Å². The van der Waals surface area contributed by atoms with Gasteiger partial charge in [0.05, 0.1) is 6.20 Å². The van der Waals surface area contributed by atoms with E-state index in [1.165, 1.54) is 0 Å². The fraction of sp³-hybridized carbons (Fsp3) is 0.105. The second-order valence-corrected chi connectivity index (χ2v) is 5.14. The van der Waals surface area contributed by atoms with E-state index >= 15 is 0 Å². The fourth-order valence-electron chi connectivity index (χ4n) is 2.23. The first-order chi connectivity index (χ1) is 11.3. The average molecular weight is 306 g/mol. The molecule has 3 rings (SSSR count). The third-order valence-electron chi connectivity index (χ3n) is 3.39. The van der Waals surface area contributed by atoms with Crippen molar-refractivity contribution in [1.82, 2.24) is 4.98 Å².